The van der Waals surface area contributed by atoms with Crippen molar-refractivity contribution in [3.8, 4) is 0 Å². The van der Waals surface area contributed by atoms with Gasteiger partial charge in [-0.2, -0.15) is 0 Å². The molecule has 5 aromatic carbocycles. The summed E-state index contributed by atoms with van der Waals surface area (Å²) in [5.74, 6) is -0.432. The molecule has 0 aromatic heterocycles. The van der Waals surface area contributed by atoms with Gasteiger partial charge in [-0.15, -0.1) is 39.7 Å². The molecule has 0 aliphatic rings. The average Bonchev–Trinajstić information content (AvgIpc) is 3.25. The Morgan fingerprint density at radius 1 is 0.676 bits per heavy atom. The molecule has 0 unspecified atom stereocenters. The number of fused-ring (bicyclic) bond motifs is 3. The van der Waals surface area contributed by atoms with E-state index >= 15 is 0 Å². The zero-order valence-electron chi connectivity index (χ0n) is 21.0. The zero-order valence-corrected chi connectivity index (χ0v) is 25.0. The molecule has 0 bridgehead atoms. The third-order valence-electron chi connectivity index (χ3n) is 5.37. The number of hydrogen-bond donors (Lipinski definition) is 0. The van der Waals surface area contributed by atoms with Crippen LogP contribution in [0.3, 0.4) is 0 Å². The number of nitrogens with one attached hydrogen (secondary N) is 1. The van der Waals surface area contributed by atoms with Crippen molar-refractivity contribution in [2.24, 2.45) is 0 Å². The Morgan fingerprint density at radius 3 is 1.49 bits per heavy atom. The molecule has 0 heterocycles. The van der Waals surface area contributed by atoms with Gasteiger partial charge < -0.3 is 35.3 Å². The van der Waals surface area contributed by atoms with E-state index in [-0.39, 0.29) is 46.5 Å². The smallest absolute Gasteiger partial charge is 1.00 e. The van der Waals surface area contributed by atoms with Crippen molar-refractivity contribution >= 4 is 47.3 Å². The number of hydrogen-bond acceptors (Lipinski definition) is 1. The van der Waals surface area contributed by atoms with Gasteiger partial charge in [0.1, 0.15) is 9.52 Å². The average molecular weight is 580 g/mol. The number of unbranched alkanes of at least 4 members (excludes halogenated alkanes) is 2. The number of carbonyl (C=O) groups is 1. The third-order valence-corrected chi connectivity index (χ3v) is 6.61. The summed E-state index contributed by atoms with van der Waals surface area (Å²) in [7, 11) is 0.777. The van der Waals surface area contributed by atoms with E-state index in [4.69, 9.17) is 5.73 Å². The van der Waals surface area contributed by atoms with Gasteiger partial charge in [-0.3, -0.25) is 0 Å². The Bertz CT molecular complexity index is 1190. The Morgan fingerprint density at radius 2 is 1.08 bits per heavy atom. The quantitative estimate of drug-likeness (QED) is 0.169. The van der Waals surface area contributed by atoms with E-state index < -0.39 is 5.91 Å². The molecule has 0 atom stereocenters. The Labute approximate surface area is 250 Å². The van der Waals surface area contributed by atoms with Crippen LogP contribution >= 0.6 is 0 Å². The largest absolute Gasteiger partial charge is 4.00 e. The molecule has 188 valence electrons. The van der Waals surface area contributed by atoms with Gasteiger partial charge in [0.2, 0.25) is 0 Å². The Hall–Kier alpha value is -2.27. The number of rotatable bonds is 6. The minimum Gasteiger partial charge on any atom is -1.00 e. The summed E-state index contributed by atoms with van der Waals surface area (Å²) in [6.07, 6.45) is 3.52. The first-order chi connectivity index (χ1) is 16.7. The van der Waals surface area contributed by atoms with Crippen LogP contribution in [0, 0.1) is 0 Å². The molecule has 6 heteroatoms. The van der Waals surface area contributed by atoms with Crippen LogP contribution in [0.4, 0.5) is 0 Å². The maximum atomic E-state index is 9.99. The van der Waals surface area contributed by atoms with Crippen molar-refractivity contribution < 1.29 is 51.3 Å². The minimum absolute atomic E-state index is 0. The molecule has 5 aromatic rings. The van der Waals surface area contributed by atoms with Crippen molar-refractivity contribution in [1.82, 2.24) is 0 Å². The molecule has 0 saturated heterocycles. The van der Waals surface area contributed by atoms with E-state index in [1.54, 1.807) is 0 Å². The molecule has 1 amide bonds. The zero-order chi connectivity index (χ0) is 24.0. The monoisotopic (exact) mass is 579 g/mol. The predicted octanol–water partition coefficient (Wildman–Crippen LogP) is 1.20. The van der Waals surface area contributed by atoms with Crippen LogP contribution in [-0.2, 0) is 26.5 Å². The van der Waals surface area contributed by atoms with Gasteiger partial charge in [-0.25, -0.2) is 0 Å². The first kappa shape index (κ1) is 34.7. The molecule has 1 N–H and O–H groups in total. The molecular weight excluding hydrogens is 549 g/mol. The maximum absolute atomic E-state index is 9.99. The van der Waals surface area contributed by atoms with E-state index in [9.17, 15) is 4.79 Å². The molecule has 0 fully saturated rings. The van der Waals surface area contributed by atoms with Crippen LogP contribution in [-0.4, -0.2) is 15.4 Å². The minimum atomic E-state index is -0.432. The summed E-state index contributed by atoms with van der Waals surface area (Å²) in [6, 6.07) is 40.4. The van der Waals surface area contributed by atoms with Crippen LogP contribution < -0.4 is 35.2 Å². The summed E-state index contributed by atoms with van der Waals surface area (Å²) < 4.78 is 0. The van der Waals surface area contributed by atoms with E-state index in [1.807, 2.05) is 0 Å². The van der Waals surface area contributed by atoms with Gasteiger partial charge in [0, 0.05) is 5.91 Å². The Balaban J connectivity index is 0.000000522. The van der Waals surface area contributed by atoms with Crippen LogP contribution in [0.5, 0.6) is 0 Å². The van der Waals surface area contributed by atoms with Gasteiger partial charge in [-0.05, 0) is 12.8 Å². The van der Waals surface area contributed by atoms with E-state index in [0.29, 0.717) is 6.42 Å². The van der Waals surface area contributed by atoms with Gasteiger partial charge in [0.15, 0.2) is 0 Å². The van der Waals surface area contributed by atoms with Crippen molar-refractivity contribution in [2.75, 3.05) is 0 Å². The summed E-state index contributed by atoms with van der Waals surface area (Å²) in [4.78, 5) is 9.99. The molecule has 2 radical (unpaired) electrons. The second kappa shape index (κ2) is 19.8. The molecule has 37 heavy (non-hydrogen) atoms. The van der Waals surface area contributed by atoms with Gasteiger partial charge in [0.05, 0.1) is 0 Å². The van der Waals surface area contributed by atoms with Crippen molar-refractivity contribution in [2.45, 2.75) is 32.6 Å². The fourth-order valence-corrected chi connectivity index (χ4v) is 4.70. The van der Waals surface area contributed by atoms with Crippen molar-refractivity contribution in [3.05, 3.63) is 121 Å². The molecule has 0 aliphatic carbocycles. The van der Waals surface area contributed by atoms with Gasteiger partial charge in [0.25, 0.3) is 0 Å². The van der Waals surface area contributed by atoms with Crippen molar-refractivity contribution in [3.63, 3.8) is 0 Å². The van der Waals surface area contributed by atoms with E-state index in [1.165, 1.54) is 31.9 Å². The van der Waals surface area contributed by atoms with Gasteiger partial charge in [-0.1, -0.05) is 127 Å². The van der Waals surface area contributed by atoms with E-state index in [0.717, 1.165) is 28.8 Å². The first-order valence-electron chi connectivity index (χ1n) is 11.8. The topological polar surface area (TPSA) is 40.9 Å². The molecule has 5 rings (SSSR count). The normalized spacial score (nSPS) is 9.32. The molecule has 0 spiro atoms. The number of amides is 1. The van der Waals surface area contributed by atoms with Crippen LogP contribution in [0.15, 0.2) is 115 Å². The number of carbonyl (C=O) groups excluding carboxylic acids is 1. The molecular formula is C31H31Cl2NOSiTi. The number of benzene rings is 4. The first-order valence-corrected chi connectivity index (χ1v) is 12.8. The summed E-state index contributed by atoms with van der Waals surface area (Å²) in [6.45, 7) is 2.08. The summed E-state index contributed by atoms with van der Waals surface area (Å²) in [5.41, 5.74) is 6.52. The number of halogens is 2. The van der Waals surface area contributed by atoms with Crippen LogP contribution in [0.25, 0.3) is 27.3 Å². The van der Waals surface area contributed by atoms with E-state index in [2.05, 4.69) is 122 Å². The second-order valence-corrected chi connectivity index (χ2v) is 9.46. The standard InChI is InChI=1S/C13H9.C12H10Si.C6H13NO.2ClH.Ti/c1-3-7-12-10(5-1)9-11-6-2-4-8-13(11)12;1-3-7-11(8-4-1)13-12-9-5-2-6-10-12;1-2-3-4-5-6(7)8;;;/h1-9H;1-10H;2-5H2,1H3,(H2,7,8);2*1H;/q-1;;;;;+4/p-3. The Kier molecular flexibility index (Phi) is 18.6. The maximum Gasteiger partial charge on any atom is 4.00 e. The third kappa shape index (κ3) is 12.2. The summed E-state index contributed by atoms with van der Waals surface area (Å²) >= 11 is 0. The van der Waals surface area contributed by atoms with Crippen LogP contribution in [0.2, 0.25) is 0 Å². The van der Waals surface area contributed by atoms with Crippen LogP contribution in [0.1, 0.15) is 32.6 Å². The molecule has 2 nitrogen and oxygen atoms in total. The fraction of sp³-hybridized carbons (Fsp3) is 0.161. The second-order valence-electron chi connectivity index (χ2n) is 8.06. The fourth-order valence-electron chi connectivity index (χ4n) is 3.65. The predicted molar refractivity (Wildman–Crippen MR) is 148 cm³/mol. The SMILES string of the molecule is CCCCCC([NH-])=O.[Cl-].[Cl-].[Ti+4].c1ccc([Si]c2ccccc2)cc1.c1ccc2c(c1)[cH-]c1ccccc12. The summed E-state index contributed by atoms with van der Waals surface area (Å²) in [5, 5.41) is 8.19. The van der Waals surface area contributed by atoms with Crippen molar-refractivity contribution in [1.29, 1.82) is 0 Å². The molecule has 0 saturated carbocycles. The van der Waals surface area contributed by atoms with Gasteiger partial charge >= 0.3 is 21.7 Å². The molecule has 0 aliphatic heterocycles.